The van der Waals surface area contributed by atoms with Gasteiger partial charge in [0.1, 0.15) is 13.2 Å². The van der Waals surface area contributed by atoms with Gasteiger partial charge >= 0.3 is 17.9 Å². The smallest absolute Gasteiger partial charge is 0.306 e. The zero-order chi connectivity index (χ0) is 48.6. The van der Waals surface area contributed by atoms with Crippen LogP contribution < -0.4 is 0 Å². The molecule has 0 fully saturated rings. The standard InChI is InChI=1S/C61H106O6/c1-4-7-10-13-16-19-22-25-28-29-30-31-34-36-39-42-45-48-51-54-60(63)66-57-58(67-61(64)55-52-49-46-43-40-37-33-27-24-21-18-15-12-9-6-3)56-65-59(62)53-50-47-44-41-38-35-32-26-23-20-17-14-11-8-5-2/h7,10,16,19,25,27-28,30-31,33,36,39,58H,4-6,8-9,11-15,17-18,20-24,26,29,32,34-35,37-38,40-57H2,1-3H3/b10-7-,19-16-,28-25-,31-30-,33-27-,39-36-/t58-/m1/s1. The van der Waals surface area contributed by atoms with Gasteiger partial charge in [-0.1, -0.05) is 241 Å². The van der Waals surface area contributed by atoms with Crippen molar-refractivity contribution in [1.29, 1.82) is 0 Å². The Hall–Kier alpha value is -3.15. The number of carbonyl (C=O) groups excluding carboxylic acids is 3. The highest BCUT2D eigenvalue weighted by molar-refractivity contribution is 5.71. The molecule has 0 saturated heterocycles. The molecule has 6 heteroatoms. The van der Waals surface area contributed by atoms with E-state index in [0.717, 1.165) is 109 Å². The molecule has 0 unspecified atom stereocenters. The van der Waals surface area contributed by atoms with Crippen LogP contribution in [-0.2, 0) is 28.6 Å². The average molecular weight is 936 g/mol. The third-order valence-corrected chi connectivity index (χ3v) is 12.2. The van der Waals surface area contributed by atoms with Crippen LogP contribution in [0.5, 0.6) is 0 Å². The van der Waals surface area contributed by atoms with Crippen molar-refractivity contribution in [3.05, 3.63) is 72.9 Å². The van der Waals surface area contributed by atoms with Gasteiger partial charge in [-0.15, -0.1) is 0 Å². The Morgan fingerprint density at radius 2 is 0.582 bits per heavy atom. The maximum Gasteiger partial charge on any atom is 0.306 e. The van der Waals surface area contributed by atoms with Crippen molar-refractivity contribution in [2.45, 2.75) is 284 Å². The number of allylic oxidation sites excluding steroid dienone is 12. The lowest BCUT2D eigenvalue weighted by Crippen LogP contribution is -2.30. The maximum absolute atomic E-state index is 12.8. The van der Waals surface area contributed by atoms with Crippen LogP contribution in [0.15, 0.2) is 72.9 Å². The maximum atomic E-state index is 12.8. The minimum Gasteiger partial charge on any atom is -0.462 e. The van der Waals surface area contributed by atoms with Crippen LogP contribution in [0.2, 0.25) is 0 Å². The van der Waals surface area contributed by atoms with Gasteiger partial charge < -0.3 is 14.2 Å². The zero-order valence-electron chi connectivity index (χ0n) is 44.2. The van der Waals surface area contributed by atoms with Gasteiger partial charge in [0, 0.05) is 19.3 Å². The first-order valence-corrected chi connectivity index (χ1v) is 28.4. The van der Waals surface area contributed by atoms with E-state index in [1.54, 1.807) is 0 Å². The van der Waals surface area contributed by atoms with Crippen molar-refractivity contribution in [2.24, 2.45) is 0 Å². The van der Waals surface area contributed by atoms with Crippen molar-refractivity contribution in [2.75, 3.05) is 13.2 Å². The quantitative estimate of drug-likeness (QED) is 0.0262. The van der Waals surface area contributed by atoms with E-state index < -0.39 is 6.10 Å². The molecule has 0 spiro atoms. The lowest BCUT2D eigenvalue weighted by Gasteiger charge is -2.18. The number of ether oxygens (including phenoxy) is 3. The van der Waals surface area contributed by atoms with Gasteiger partial charge in [0.2, 0.25) is 0 Å². The monoisotopic (exact) mass is 935 g/mol. The molecule has 6 nitrogen and oxygen atoms in total. The number of esters is 3. The van der Waals surface area contributed by atoms with Crippen LogP contribution in [0.1, 0.15) is 278 Å². The fraction of sp³-hybridized carbons (Fsp3) is 0.754. The predicted molar refractivity (Wildman–Crippen MR) is 288 cm³/mol. The Bertz CT molecular complexity index is 1260. The normalized spacial score (nSPS) is 12.6. The molecule has 0 heterocycles. The second-order valence-electron chi connectivity index (χ2n) is 18.8. The van der Waals surface area contributed by atoms with Gasteiger partial charge in [0.05, 0.1) is 0 Å². The molecule has 386 valence electrons. The molecule has 67 heavy (non-hydrogen) atoms. The molecule has 0 radical (unpaired) electrons. The summed E-state index contributed by atoms with van der Waals surface area (Å²) in [5.41, 5.74) is 0. The summed E-state index contributed by atoms with van der Waals surface area (Å²) in [6, 6.07) is 0. The van der Waals surface area contributed by atoms with Crippen molar-refractivity contribution in [3.63, 3.8) is 0 Å². The van der Waals surface area contributed by atoms with E-state index in [1.165, 1.54) is 128 Å². The van der Waals surface area contributed by atoms with Crippen LogP contribution >= 0.6 is 0 Å². The molecule has 0 aromatic rings. The highest BCUT2D eigenvalue weighted by atomic mass is 16.6. The molecule has 0 aliphatic carbocycles. The largest absolute Gasteiger partial charge is 0.462 e. The summed E-state index contributed by atoms with van der Waals surface area (Å²) in [4.78, 5) is 38.1. The molecule has 0 rings (SSSR count). The third kappa shape index (κ3) is 53.7. The summed E-state index contributed by atoms with van der Waals surface area (Å²) >= 11 is 0. The number of hydrogen-bond donors (Lipinski definition) is 0. The summed E-state index contributed by atoms with van der Waals surface area (Å²) in [6.45, 7) is 6.51. The number of rotatable bonds is 51. The minimum absolute atomic E-state index is 0.0871. The molecule has 0 saturated carbocycles. The lowest BCUT2D eigenvalue weighted by molar-refractivity contribution is -0.167. The molecule has 0 aliphatic rings. The van der Waals surface area contributed by atoms with E-state index >= 15 is 0 Å². The fourth-order valence-electron chi connectivity index (χ4n) is 7.93. The SMILES string of the molecule is CC/C=C\C/C=C\C/C=C\C/C=C\C/C=C\CCCCCC(=O)OC[C@@H](COC(=O)CCCCCCCCCCCCCCCCC)OC(=O)CCCCCCC/C=C\CCCCCCCC. The topological polar surface area (TPSA) is 78.9 Å². The van der Waals surface area contributed by atoms with Gasteiger partial charge in [0.25, 0.3) is 0 Å². The van der Waals surface area contributed by atoms with E-state index in [-0.39, 0.29) is 31.1 Å². The van der Waals surface area contributed by atoms with Crippen LogP contribution in [-0.4, -0.2) is 37.2 Å². The van der Waals surface area contributed by atoms with Crippen molar-refractivity contribution in [1.82, 2.24) is 0 Å². The molecule has 0 bridgehead atoms. The fourth-order valence-corrected chi connectivity index (χ4v) is 7.93. The van der Waals surface area contributed by atoms with Gasteiger partial charge in [-0.05, 0) is 89.9 Å². The Morgan fingerprint density at radius 1 is 0.313 bits per heavy atom. The predicted octanol–water partition coefficient (Wildman–Crippen LogP) is 19.0. The van der Waals surface area contributed by atoms with Gasteiger partial charge in [0.15, 0.2) is 6.10 Å². The second kappa shape index (κ2) is 55.4. The van der Waals surface area contributed by atoms with Crippen molar-refractivity contribution in [3.8, 4) is 0 Å². The Balaban J connectivity index is 4.44. The summed E-state index contributed by atoms with van der Waals surface area (Å²) < 4.78 is 16.8. The average Bonchev–Trinajstić information content (AvgIpc) is 3.33. The van der Waals surface area contributed by atoms with E-state index in [1.807, 2.05) is 0 Å². The van der Waals surface area contributed by atoms with E-state index in [2.05, 4.69) is 93.7 Å². The first-order chi connectivity index (χ1) is 33.0. The highest BCUT2D eigenvalue weighted by Crippen LogP contribution is 2.15. The molecule has 0 N–H and O–H groups in total. The summed E-state index contributed by atoms with van der Waals surface area (Å²) in [7, 11) is 0. The summed E-state index contributed by atoms with van der Waals surface area (Å²) in [6.07, 6.45) is 70.3. The number of carbonyl (C=O) groups is 3. The van der Waals surface area contributed by atoms with Crippen LogP contribution in [0.4, 0.5) is 0 Å². The highest BCUT2D eigenvalue weighted by Gasteiger charge is 2.19. The molecule has 0 aromatic heterocycles. The molecular weight excluding hydrogens is 829 g/mol. The van der Waals surface area contributed by atoms with E-state index in [9.17, 15) is 14.4 Å². The van der Waals surface area contributed by atoms with Gasteiger partial charge in [-0.2, -0.15) is 0 Å². The van der Waals surface area contributed by atoms with Crippen molar-refractivity contribution >= 4 is 17.9 Å². The van der Waals surface area contributed by atoms with Gasteiger partial charge in [-0.25, -0.2) is 0 Å². The molecule has 1 atom stereocenters. The van der Waals surface area contributed by atoms with E-state index in [0.29, 0.717) is 19.3 Å². The zero-order valence-corrected chi connectivity index (χ0v) is 44.2. The first kappa shape index (κ1) is 63.8. The minimum atomic E-state index is -0.792. The lowest BCUT2D eigenvalue weighted by atomic mass is 10.0. The Labute approximate surface area is 414 Å². The second-order valence-corrected chi connectivity index (χ2v) is 18.8. The van der Waals surface area contributed by atoms with Crippen LogP contribution in [0, 0.1) is 0 Å². The van der Waals surface area contributed by atoms with E-state index in [4.69, 9.17) is 14.2 Å². The molecule has 0 aliphatic heterocycles. The third-order valence-electron chi connectivity index (χ3n) is 12.2. The van der Waals surface area contributed by atoms with Gasteiger partial charge in [-0.3, -0.25) is 14.4 Å². The number of unbranched alkanes of at least 4 members (excludes halogenated alkanes) is 28. The van der Waals surface area contributed by atoms with Crippen LogP contribution in [0.25, 0.3) is 0 Å². The Morgan fingerprint density at radius 3 is 0.940 bits per heavy atom. The van der Waals surface area contributed by atoms with Crippen LogP contribution in [0.3, 0.4) is 0 Å². The molecule has 0 aromatic carbocycles. The summed E-state index contributed by atoms with van der Waals surface area (Å²) in [5, 5.41) is 0. The molecule has 0 amide bonds. The summed E-state index contributed by atoms with van der Waals surface area (Å²) in [5.74, 6) is -0.920. The Kier molecular flexibility index (Phi) is 52.8. The number of hydrogen-bond acceptors (Lipinski definition) is 6. The first-order valence-electron chi connectivity index (χ1n) is 28.4. The molecular formula is C61H106O6. The van der Waals surface area contributed by atoms with Crippen molar-refractivity contribution < 1.29 is 28.6 Å².